The Labute approximate surface area is 63.4 Å². The summed E-state index contributed by atoms with van der Waals surface area (Å²) in [5.41, 5.74) is 0. The summed E-state index contributed by atoms with van der Waals surface area (Å²) in [6.45, 7) is 0.768. The van der Waals surface area contributed by atoms with Crippen molar-refractivity contribution in [2.24, 2.45) is 0 Å². The zero-order valence-corrected chi connectivity index (χ0v) is 5.82. The predicted molar refractivity (Wildman–Crippen MR) is 25.2 cm³/mol. The molecule has 0 rings (SSSR count). The smallest absolute Gasteiger partial charge is 0.0976 e. The van der Waals surface area contributed by atoms with Gasteiger partial charge in [0.15, 0.2) is 0 Å². The third-order valence-electron chi connectivity index (χ3n) is 1.29. The quantitative estimate of drug-likeness (QED) is 0.388. The Balaban J connectivity index is 4.77. The maximum absolute atomic E-state index is 11.6. The molecule has 0 bridgehead atoms. The van der Waals surface area contributed by atoms with Crippen LogP contribution in [0.1, 0.15) is 13.3 Å². The van der Waals surface area contributed by atoms with Gasteiger partial charge in [0.05, 0.1) is 16.0 Å². The van der Waals surface area contributed by atoms with Gasteiger partial charge in [0.2, 0.25) is 0 Å². The first kappa shape index (κ1) is 11.5. The fourth-order valence-electron chi connectivity index (χ4n) is 0.530. The molecule has 9 heteroatoms. The van der Waals surface area contributed by atoms with Crippen molar-refractivity contribution >= 4 is 0 Å². The van der Waals surface area contributed by atoms with Gasteiger partial charge in [-0.2, -0.15) is 0 Å². The lowest BCUT2D eigenvalue weighted by Crippen LogP contribution is -2.55. The van der Waals surface area contributed by atoms with Crippen molar-refractivity contribution in [2.75, 3.05) is 0 Å². The number of rotatable bonds is 4. The van der Waals surface area contributed by atoms with Gasteiger partial charge in [-0.05, 0) is 0 Å². The molecule has 0 spiro atoms. The lowest BCUT2D eigenvalue weighted by Gasteiger charge is -2.30. The number of hydrogen-bond acceptors (Lipinski definition) is 3. The summed E-state index contributed by atoms with van der Waals surface area (Å²) < 4.78 is 69.9. The highest BCUT2D eigenvalue weighted by molar-refractivity contribution is 4.66. The molecular weight excluding hydrogens is 192 g/mol. The molecule has 0 atom stereocenters. The van der Waals surface area contributed by atoms with E-state index in [1.54, 1.807) is 0 Å². The molecule has 12 heavy (non-hydrogen) atoms. The van der Waals surface area contributed by atoms with Crippen molar-refractivity contribution in [3.8, 4) is 0 Å². The zero-order chi connectivity index (χ0) is 9.94. The maximum Gasteiger partial charge on any atom is 0.305 e. The van der Waals surface area contributed by atoms with E-state index in [2.05, 4.69) is 0 Å². The van der Waals surface area contributed by atoms with Crippen LogP contribution >= 0.6 is 0 Å². The fraction of sp³-hybridized carbons (Fsp3) is 1.00. The molecular formula is C3H5F6N3. The van der Waals surface area contributed by atoms with Gasteiger partial charge in [-0.25, -0.2) is 0 Å². The number of halogens is 6. The maximum atomic E-state index is 11.6. The molecule has 0 aliphatic heterocycles. The summed E-state index contributed by atoms with van der Waals surface area (Å²) >= 11 is 0. The monoisotopic (exact) mass is 197 g/mol. The van der Waals surface area contributed by atoms with Gasteiger partial charge in [-0.1, -0.05) is 33.8 Å². The van der Waals surface area contributed by atoms with E-state index in [0.717, 1.165) is 6.92 Å². The van der Waals surface area contributed by atoms with Crippen molar-refractivity contribution in [2.45, 2.75) is 19.1 Å². The van der Waals surface area contributed by atoms with Gasteiger partial charge in [0.25, 0.3) is 0 Å². The normalized spacial score (nSPS) is 13.5. The Morgan fingerprint density at radius 2 is 1.08 bits per heavy atom. The molecule has 0 radical (unpaired) electrons. The molecule has 0 unspecified atom stereocenters. The molecule has 0 aromatic carbocycles. The minimum atomic E-state index is -3.96. The Morgan fingerprint density at radius 3 is 1.08 bits per heavy atom. The first-order valence-electron chi connectivity index (χ1n) is 2.75. The molecule has 74 valence electrons. The van der Waals surface area contributed by atoms with Gasteiger partial charge >= 0.3 is 5.79 Å². The second-order valence-corrected chi connectivity index (χ2v) is 1.83. The zero-order valence-electron chi connectivity index (χ0n) is 5.82. The highest BCUT2D eigenvalue weighted by Gasteiger charge is 2.54. The summed E-state index contributed by atoms with van der Waals surface area (Å²) in [5.74, 6) is -3.96. The molecule has 0 aromatic rings. The van der Waals surface area contributed by atoms with Crippen LogP contribution in [-0.4, -0.2) is 21.8 Å². The minimum absolute atomic E-state index is 0.768. The van der Waals surface area contributed by atoms with Gasteiger partial charge in [0, 0.05) is 6.42 Å². The third kappa shape index (κ3) is 1.62. The molecule has 0 aliphatic rings. The van der Waals surface area contributed by atoms with Crippen LogP contribution in [0, 0.1) is 0 Å². The highest BCUT2D eigenvalue weighted by atomic mass is 19.4. The number of hydrogen-bond donors (Lipinski definition) is 0. The van der Waals surface area contributed by atoms with E-state index < -0.39 is 28.2 Å². The van der Waals surface area contributed by atoms with Crippen LogP contribution in [0.5, 0.6) is 0 Å². The summed E-state index contributed by atoms with van der Waals surface area (Å²) in [6.07, 6.45) is -1.17. The average Bonchev–Trinajstić information content (AvgIpc) is 1.86. The largest absolute Gasteiger partial charge is 0.305 e. The second-order valence-electron chi connectivity index (χ2n) is 1.83. The fourth-order valence-corrected chi connectivity index (χ4v) is 0.530. The molecule has 0 amide bonds. The molecule has 0 saturated heterocycles. The highest BCUT2D eigenvalue weighted by Crippen LogP contribution is 2.31. The van der Waals surface area contributed by atoms with Crippen molar-refractivity contribution in [1.29, 1.82) is 0 Å². The summed E-state index contributed by atoms with van der Waals surface area (Å²) in [7, 11) is 0. The molecule has 3 nitrogen and oxygen atoms in total. The van der Waals surface area contributed by atoms with Crippen molar-refractivity contribution in [3.05, 3.63) is 0 Å². The van der Waals surface area contributed by atoms with Crippen LogP contribution in [0.3, 0.4) is 0 Å². The first-order valence-corrected chi connectivity index (χ1v) is 2.75. The summed E-state index contributed by atoms with van der Waals surface area (Å²) in [4.78, 5) is 0. The Kier molecular flexibility index (Phi) is 3.74. The van der Waals surface area contributed by atoms with Crippen LogP contribution in [0.2, 0.25) is 0 Å². The van der Waals surface area contributed by atoms with E-state index >= 15 is 0 Å². The van der Waals surface area contributed by atoms with E-state index in [0.29, 0.717) is 0 Å². The topological polar surface area (TPSA) is 9.72 Å². The van der Waals surface area contributed by atoms with E-state index in [1.807, 2.05) is 0 Å². The molecule has 0 aliphatic carbocycles. The van der Waals surface area contributed by atoms with Crippen LogP contribution in [0.4, 0.5) is 26.9 Å². The number of nitrogens with zero attached hydrogens (tertiary/aromatic N) is 3. The van der Waals surface area contributed by atoms with Gasteiger partial charge < -0.3 is 0 Å². The van der Waals surface area contributed by atoms with E-state index in [9.17, 15) is 26.9 Å². The lowest BCUT2D eigenvalue weighted by atomic mass is 10.3. The molecule has 0 aromatic heterocycles. The minimum Gasteiger partial charge on any atom is -0.0976 e. The lowest BCUT2D eigenvalue weighted by molar-refractivity contribution is -0.478. The van der Waals surface area contributed by atoms with E-state index in [1.165, 1.54) is 0 Å². The van der Waals surface area contributed by atoms with E-state index in [-0.39, 0.29) is 0 Å². The standard InChI is InChI=1S/C3H5F6N3/c1-2-3(10(4)5,11(6)7)12(8)9/h2H2,1H3. The van der Waals surface area contributed by atoms with Crippen molar-refractivity contribution in [3.63, 3.8) is 0 Å². The molecule has 0 saturated carbocycles. The average molecular weight is 197 g/mol. The molecule has 0 N–H and O–H groups in total. The van der Waals surface area contributed by atoms with Crippen LogP contribution in [0.25, 0.3) is 0 Å². The van der Waals surface area contributed by atoms with Crippen molar-refractivity contribution in [1.82, 2.24) is 16.0 Å². The Hall–Kier alpha value is -0.540. The van der Waals surface area contributed by atoms with Crippen LogP contribution in [-0.2, 0) is 0 Å². The van der Waals surface area contributed by atoms with Crippen LogP contribution < -0.4 is 0 Å². The first-order chi connectivity index (χ1) is 5.39. The third-order valence-corrected chi connectivity index (χ3v) is 1.29. The SMILES string of the molecule is CCC(N(F)F)(N(F)F)N(F)F. The summed E-state index contributed by atoms with van der Waals surface area (Å²) in [5, 5.41) is -6.77. The molecule has 0 heterocycles. The van der Waals surface area contributed by atoms with Crippen molar-refractivity contribution < 1.29 is 26.9 Å². The van der Waals surface area contributed by atoms with E-state index in [4.69, 9.17) is 0 Å². The molecule has 0 fully saturated rings. The summed E-state index contributed by atoms with van der Waals surface area (Å²) in [6, 6.07) is 0. The second kappa shape index (κ2) is 3.92. The Morgan fingerprint density at radius 1 is 0.833 bits per heavy atom. The predicted octanol–water partition coefficient (Wildman–Crippen LogP) is 2.26. The van der Waals surface area contributed by atoms with Gasteiger partial charge in [-0.15, -0.1) is 0 Å². The van der Waals surface area contributed by atoms with Gasteiger partial charge in [-0.3, -0.25) is 0 Å². The van der Waals surface area contributed by atoms with Crippen LogP contribution in [0.15, 0.2) is 0 Å². The van der Waals surface area contributed by atoms with Gasteiger partial charge in [0.1, 0.15) is 0 Å². The Bertz CT molecular complexity index is 116.